The van der Waals surface area contributed by atoms with E-state index in [1.165, 1.54) is 0 Å². The van der Waals surface area contributed by atoms with Crippen molar-refractivity contribution in [2.45, 2.75) is 71.0 Å². The van der Waals surface area contributed by atoms with Crippen molar-refractivity contribution in [3.8, 4) is 22.6 Å². The van der Waals surface area contributed by atoms with Gasteiger partial charge in [-0.3, -0.25) is 24.2 Å². The molecule has 284 valence electrons. The van der Waals surface area contributed by atoms with Crippen molar-refractivity contribution in [1.29, 1.82) is 0 Å². The molecule has 12 nitrogen and oxygen atoms in total. The number of carboxylic acids is 1. The van der Waals surface area contributed by atoms with Gasteiger partial charge in [-0.1, -0.05) is 47.5 Å². The van der Waals surface area contributed by atoms with Gasteiger partial charge in [-0.15, -0.1) is 0 Å². The maximum atomic E-state index is 13.7. The Morgan fingerprint density at radius 1 is 0.870 bits per heavy atom. The van der Waals surface area contributed by atoms with Gasteiger partial charge in [0.1, 0.15) is 11.5 Å². The van der Waals surface area contributed by atoms with Crippen LogP contribution in [0.1, 0.15) is 78.4 Å². The molecule has 1 aliphatic carbocycles. The quantitative estimate of drug-likeness (QED) is 0.177. The number of nitrogens with one attached hydrogen (secondary N) is 1. The van der Waals surface area contributed by atoms with Crippen LogP contribution >= 0.6 is 23.2 Å². The Bertz CT molecular complexity index is 2060. The number of rotatable bonds is 10. The predicted molar refractivity (Wildman–Crippen MR) is 205 cm³/mol. The van der Waals surface area contributed by atoms with Crippen LogP contribution in [0.2, 0.25) is 10.0 Å². The normalized spacial score (nSPS) is 20.2. The van der Waals surface area contributed by atoms with Crippen LogP contribution in [0.15, 0.2) is 40.8 Å². The smallest absolute Gasteiger partial charge is 0.306 e. The molecule has 2 fully saturated rings. The van der Waals surface area contributed by atoms with E-state index in [1.54, 1.807) is 11.0 Å². The Labute approximate surface area is 324 Å². The lowest BCUT2D eigenvalue weighted by Gasteiger charge is -2.30. The predicted octanol–water partition coefficient (Wildman–Crippen LogP) is 6.88. The number of benzene rings is 2. The summed E-state index contributed by atoms with van der Waals surface area (Å²) in [7, 11) is 1.88. The highest BCUT2D eigenvalue weighted by Crippen LogP contribution is 2.42. The number of nitrogens with zero attached hydrogens (tertiary/aromatic N) is 6. The molecule has 0 spiro atoms. The summed E-state index contributed by atoms with van der Waals surface area (Å²) in [6, 6.07) is 11.0. The minimum Gasteiger partial charge on any atom is -0.481 e. The molecule has 2 aromatic carbocycles. The second kappa shape index (κ2) is 15.5. The standard InChI is InChI=1S/C40H45Cl2N7O5/c1-46-32-15-19-48(18-14-24-10-12-25(13-11-24)40(52)53)20-30(32)43-37(46)38(51)44-29-9-5-7-27(36(29)42)26-6-4-8-28(35(26)41)39-45-31-21-49(22-33(31)54-39)34(50)23-47-16-2-3-17-47/h4-9,24-25H,2-3,10-23H2,1H3,(H,44,51)(H,52,53). The Morgan fingerprint density at radius 2 is 1.59 bits per heavy atom. The van der Waals surface area contributed by atoms with Gasteiger partial charge in [-0.2, -0.15) is 0 Å². The molecule has 0 unspecified atom stereocenters. The number of carbonyl (C=O) groups excluding carboxylic acids is 2. The number of aromatic nitrogens is 3. The maximum Gasteiger partial charge on any atom is 0.306 e. The number of aliphatic carboxylic acids is 1. The van der Waals surface area contributed by atoms with Crippen LogP contribution in [0, 0.1) is 11.8 Å². The summed E-state index contributed by atoms with van der Waals surface area (Å²) in [5, 5.41) is 13.1. The van der Waals surface area contributed by atoms with E-state index in [9.17, 15) is 19.5 Å². The third kappa shape index (κ3) is 7.41. The Balaban J connectivity index is 0.922. The summed E-state index contributed by atoms with van der Waals surface area (Å²) in [4.78, 5) is 53.8. The molecule has 2 N–H and O–H groups in total. The lowest BCUT2D eigenvalue weighted by Crippen LogP contribution is -2.36. The number of fused-ring (bicyclic) bond motifs is 2. The van der Waals surface area contributed by atoms with E-state index in [2.05, 4.69) is 15.1 Å². The van der Waals surface area contributed by atoms with Crippen LogP contribution in [-0.4, -0.2) is 84.8 Å². The Hall–Kier alpha value is -4.23. The number of hydrogen-bond acceptors (Lipinski definition) is 8. The number of likely N-dealkylation sites (tertiary alicyclic amines) is 1. The van der Waals surface area contributed by atoms with Crippen molar-refractivity contribution >= 4 is 46.7 Å². The van der Waals surface area contributed by atoms with Crippen LogP contribution in [-0.2, 0) is 42.7 Å². The molecule has 4 aliphatic rings. The van der Waals surface area contributed by atoms with E-state index < -0.39 is 5.97 Å². The first-order valence-corrected chi connectivity index (χ1v) is 19.8. The van der Waals surface area contributed by atoms with Crippen LogP contribution < -0.4 is 5.32 Å². The lowest BCUT2D eigenvalue weighted by atomic mass is 9.80. The van der Waals surface area contributed by atoms with Gasteiger partial charge >= 0.3 is 5.97 Å². The molecule has 54 heavy (non-hydrogen) atoms. The summed E-state index contributed by atoms with van der Waals surface area (Å²) < 4.78 is 8.05. The molecule has 0 atom stereocenters. The summed E-state index contributed by atoms with van der Waals surface area (Å²) >= 11 is 14.0. The zero-order valence-electron chi connectivity index (χ0n) is 30.5. The zero-order chi connectivity index (χ0) is 37.5. The van der Waals surface area contributed by atoms with Gasteiger partial charge in [0.25, 0.3) is 5.91 Å². The fourth-order valence-corrected chi connectivity index (χ4v) is 9.11. The molecule has 0 radical (unpaired) electrons. The lowest BCUT2D eigenvalue weighted by molar-refractivity contribution is -0.143. The highest BCUT2D eigenvalue weighted by atomic mass is 35.5. The first-order valence-electron chi connectivity index (χ1n) is 19.0. The van der Waals surface area contributed by atoms with Crippen LogP contribution in [0.3, 0.4) is 0 Å². The van der Waals surface area contributed by atoms with E-state index in [4.69, 9.17) is 37.6 Å². The second-order valence-electron chi connectivity index (χ2n) is 15.2. The molecule has 3 aliphatic heterocycles. The van der Waals surface area contributed by atoms with E-state index in [-0.39, 0.29) is 17.7 Å². The SMILES string of the molecule is Cn1c(C(=O)Nc2cccc(-c3cccc(-c4nc5c(o4)CN(C(=O)CN4CCCC4)C5)c3Cl)c2Cl)nc2c1CCN(CCC1CCC(C(=O)O)CC1)C2. The number of halogens is 2. The third-order valence-electron chi connectivity index (χ3n) is 11.7. The summed E-state index contributed by atoms with van der Waals surface area (Å²) in [6.45, 7) is 5.65. The van der Waals surface area contributed by atoms with Gasteiger partial charge in [0.05, 0.1) is 52.5 Å². The summed E-state index contributed by atoms with van der Waals surface area (Å²) in [5.41, 5.74) is 5.07. The molecular weight excluding hydrogens is 729 g/mol. The van der Waals surface area contributed by atoms with Gasteiger partial charge in [0.2, 0.25) is 11.8 Å². The number of carbonyl (C=O) groups is 3. The fourth-order valence-electron chi connectivity index (χ4n) is 8.52. The molecule has 2 aromatic heterocycles. The molecule has 5 heterocycles. The molecule has 0 bridgehead atoms. The number of carboxylic acid groups (broad SMARTS) is 1. The van der Waals surface area contributed by atoms with Crippen molar-refractivity contribution in [3.63, 3.8) is 0 Å². The second-order valence-corrected chi connectivity index (χ2v) is 15.9. The number of imidazole rings is 1. The monoisotopic (exact) mass is 773 g/mol. The highest BCUT2D eigenvalue weighted by molar-refractivity contribution is 6.39. The minimum atomic E-state index is -0.667. The van der Waals surface area contributed by atoms with Crippen molar-refractivity contribution in [2.75, 3.05) is 38.0 Å². The largest absolute Gasteiger partial charge is 0.481 e. The molecular formula is C40H45Cl2N7O5. The van der Waals surface area contributed by atoms with E-state index in [0.29, 0.717) is 82.0 Å². The summed E-state index contributed by atoms with van der Waals surface area (Å²) in [5.74, 6) is 0.812. The number of anilines is 1. The van der Waals surface area contributed by atoms with Crippen LogP contribution in [0.5, 0.6) is 0 Å². The molecule has 1 saturated carbocycles. The van der Waals surface area contributed by atoms with Gasteiger partial charge in [-0.25, -0.2) is 9.97 Å². The van der Waals surface area contributed by atoms with Gasteiger partial charge < -0.3 is 24.3 Å². The topological polar surface area (TPSA) is 137 Å². The van der Waals surface area contributed by atoms with Crippen molar-refractivity contribution in [2.24, 2.45) is 18.9 Å². The number of hydrogen-bond donors (Lipinski definition) is 2. The highest BCUT2D eigenvalue weighted by Gasteiger charge is 2.32. The first-order chi connectivity index (χ1) is 26.1. The zero-order valence-corrected chi connectivity index (χ0v) is 32.0. The third-order valence-corrected chi connectivity index (χ3v) is 12.5. The number of oxazole rings is 1. The molecule has 4 aromatic rings. The van der Waals surface area contributed by atoms with Crippen molar-refractivity contribution in [3.05, 3.63) is 75.1 Å². The van der Waals surface area contributed by atoms with Gasteiger partial charge in [-0.05, 0) is 82.6 Å². The Kier molecular flexibility index (Phi) is 10.5. The van der Waals surface area contributed by atoms with Crippen molar-refractivity contribution < 1.29 is 23.9 Å². The maximum absolute atomic E-state index is 13.7. The first kappa shape index (κ1) is 36.7. The molecule has 1 saturated heterocycles. The molecule has 14 heteroatoms. The number of amides is 2. The van der Waals surface area contributed by atoms with E-state index >= 15 is 0 Å². The van der Waals surface area contributed by atoms with Crippen molar-refractivity contribution in [1.82, 2.24) is 29.2 Å². The van der Waals surface area contributed by atoms with Crippen LogP contribution in [0.25, 0.3) is 22.6 Å². The minimum absolute atomic E-state index is 0.0865. The molecule has 2 amide bonds. The summed E-state index contributed by atoms with van der Waals surface area (Å²) in [6.07, 6.45) is 7.59. The average molecular weight is 775 g/mol. The van der Waals surface area contributed by atoms with E-state index in [0.717, 1.165) is 94.6 Å². The average Bonchev–Trinajstić information content (AvgIpc) is 3.97. The van der Waals surface area contributed by atoms with Gasteiger partial charge in [0.15, 0.2) is 5.82 Å². The fraction of sp³-hybridized carbons (Fsp3) is 0.475. The van der Waals surface area contributed by atoms with Crippen LogP contribution in [0.4, 0.5) is 5.69 Å². The van der Waals surface area contributed by atoms with Gasteiger partial charge in [0, 0.05) is 43.4 Å². The Morgan fingerprint density at radius 3 is 2.33 bits per heavy atom. The molecule has 8 rings (SSSR count). The van der Waals surface area contributed by atoms with E-state index in [1.807, 2.05) is 41.9 Å².